The summed E-state index contributed by atoms with van der Waals surface area (Å²) in [4.78, 5) is 14.4. The molecule has 6 heteroatoms. The molecular formula is C18H24BrFN2O2. The van der Waals surface area contributed by atoms with Crippen LogP contribution in [0.4, 0.5) is 4.39 Å². The Bertz CT molecular complexity index is 666. The summed E-state index contributed by atoms with van der Waals surface area (Å²) in [5.74, 6) is -0.325. The predicted molar refractivity (Wildman–Crippen MR) is 95.7 cm³/mol. The van der Waals surface area contributed by atoms with Crippen molar-refractivity contribution in [2.24, 2.45) is 5.92 Å². The van der Waals surface area contributed by atoms with Gasteiger partial charge in [0.05, 0.1) is 18.6 Å². The number of halogens is 2. The fourth-order valence-corrected chi connectivity index (χ4v) is 3.84. The van der Waals surface area contributed by atoms with Gasteiger partial charge < -0.3 is 15.0 Å². The van der Waals surface area contributed by atoms with Gasteiger partial charge in [0.1, 0.15) is 17.2 Å². The number of rotatable bonds is 2. The Balaban J connectivity index is 0.00000208. The summed E-state index contributed by atoms with van der Waals surface area (Å²) in [6.45, 7) is 6.17. The second-order valence-corrected chi connectivity index (χ2v) is 7.11. The molecule has 0 saturated carbocycles. The maximum absolute atomic E-state index is 14.6. The standard InChI is InChI=1S/C17H20BrFN2O2.CH4/c1-4-12-8-14-16(22)21(3)10(2)20-17(14,9-23-12)13-7-11(18)5-6-15(13)19;/h5-7,12,14,20H,2,4,8-9H2,1,3H3;1H4/t12-,14-,17+;/m0./s1. The Hall–Kier alpha value is -1.40. The van der Waals surface area contributed by atoms with Crippen LogP contribution in [0.1, 0.15) is 32.8 Å². The van der Waals surface area contributed by atoms with Gasteiger partial charge >= 0.3 is 0 Å². The molecule has 2 aliphatic heterocycles. The Morgan fingerprint density at radius 3 is 2.92 bits per heavy atom. The highest BCUT2D eigenvalue weighted by Crippen LogP contribution is 2.44. The van der Waals surface area contributed by atoms with E-state index in [1.165, 1.54) is 11.0 Å². The lowest BCUT2D eigenvalue weighted by Gasteiger charge is -2.52. The molecule has 0 spiro atoms. The Kier molecular flexibility index (Phi) is 5.40. The molecular weight excluding hydrogens is 375 g/mol. The molecule has 1 aromatic carbocycles. The van der Waals surface area contributed by atoms with Crippen LogP contribution in [0.2, 0.25) is 0 Å². The first-order valence-corrected chi connectivity index (χ1v) is 8.50. The van der Waals surface area contributed by atoms with E-state index >= 15 is 0 Å². The first-order chi connectivity index (χ1) is 10.9. The summed E-state index contributed by atoms with van der Waals surface area (Å²) in [6, 6.07) is 4.77. The highest BCUT2D eigenvalue weighted by Gasteiger charge is 2.54. The number of hydrogen-bond acceptors (Lipinski definition) is 3. The van der Waals surface area contributed by atoms with Crippen LogP contribution in [0.15, 0.2) is 35.1 Å². The summed E-state index contributed by atoms with van der Waals surface area (Å²) >= 11 is 3.39. The molecule has 2 fully saturated rings. The number of benzene rings is 1. The largest absolute Gasteiger partial charge is 0.375 e. The Morgan fingerprint density at radius 1 is 1.54 bits per heavy atom. The molecule has 2 saturated heterocycles. The van der Waals surface area contributed by atoms with Crippen LogP contribution in [0, 0.1) is 11.7 Å². The van der Waals surface area contributed by atoms with Crippen LogP contribution in [0.25, 0.3) is 0 Å². The van der Waals surface area contributed by atoms with Crippen LogP contribution < -0.4 is 5.32 Å². The number of carbonyl (C=O) groups excluding carboxylic acids is 1. The fraction of sp³-hybridized carbons (Fsp3) is 0.500. The second-order valence-electron chi connectivity index (χ2n) is 6.19. The summed E-state index contributed by atoms with van der Waals surface area (Å²) in [7, 11) is 1.69. The summed E-state index contributed by atoms with van der Waals surface area (Å²) in [5, 5.41) is 3.27. The zero-order valence-electron chi connectivity index (χ0n) is 13.2. The third-order valence-corrected chi connectivity index (χ3v) is 5.40. The molecule has 4 nitrogen and oxygen atoms in total. The van der Waals surface area contributed by atoms with E-state index in [2.05, 4.69) is 27.8 Å². The van der Waals surface area contributed by atoms with Crippen molar-refractivity contribution in [3.05, 3.63) is 46.5 Å². The Labute approximate surface area is 151 Å². The van der Waals surface area contributed by atoms with Gasteiger partial charge in [0, 0.05) is 17.1 Å². The van der Waals surface area contributed by atoms with Gasteiger partial charge in [0.2, 0.25) is 5.91 Å². The quantitative estimate of drug-likeness (QED) is 0.824. The SMILES string of the molecule is C.C=C1N[C@@]2(c3cc(Br)ccc3F)CO[C@@H](CC)C[C@H]2C(=O)N1C. The van der Waals surface area contributed by atoms with E-state index in [0.29, 0.717) is 17.8 Å². The zero-order valence-corrected chi connectivity index (χ0v) is 14.8. The molecule has 0 radical (unpaired) electrons. The topological polar surface area (TPSA) is 41.6 Å². The number of nitrogens with zero attached hydrogens (tertiary/aromatic N) is 1. The molecule has 3 atom stereocenters. The minimum absolute atomic E-state index is 0. The lowest BCUT2D eigenvalue weighted by Crippen LogP contribution is -2.65. The molecule has 1 aromatic rings. The average Bonchev–Trinajstić information content (AvgIpc) is 2.54. The third kappa shape index (κ3) is 2.86. The van der Waals surface area contributed by atoms with Crippen molar-refractivity contribution in [1.29, 1.82) is 0 Å². The summed E-state index contributed by atoms with van der Waals surface area (Å²) < 4.78 is 21.3. The van der Waals surface area contributed by atoms with E-state index in [9.17, 15) is 9.18 Å². The van der Waals surface area contributed by atoms with Gasteiger partial charge in [-0.15, -0.1) is 0 Å². The van der Waals surface area contributed by atoms with E-state index in [1.807, 2.05) is 6.92 Å². The maximum Gasteiger partial charge on any atom is 0.233 e. The number of amides is 1. The van der Waals surface area contributed by atoms with Crippen molar-refractivity contribution in [1.82, 2.24) is 10.2 Å². The van der Waals surface area contributed by atoms with Gasteiger partial charge in [-0.1, -0.05) is 36.9 Å². The number of hydrogen-bond donors (Lipinski definition) is 1. The van der Waals surface area contributed by atoms with Crippen LogP contribution >= 0.6 is 15.9 Å². The molecule has 24 heavy (non-hydrogen) atoms. The smallest absolute Gasteiger partial charge is 0.233 e. The van der Waals surface area contributed by atoms with Crippen molar-refractivity contribution in [3.63, 3.8) is 0 Å². The van der Waals surface area contributed by atoms with Crippen molar-refractivity contribution >= 4 is 21.8 Å². The maximum atomic E-state index is 14.6. The summed E-state index contributed by atoms with van der Waals surface area (Å²) in [5.41, 5.74) is -0.478. The minimum atomic E-state index is -0.916. The molecule has 2 aliphatic rings. The van der Waals surface area contributed by atoms with E-state index in [4.69, 9.17) is 4.74 Å². The molecule has 1 N–H and O–H groups in total. The van der Waals surface area contributed by atoms with Crippen LogP contribution in [0.3, 0.4) is 0 Å². The van der Waals surface area contributed by atoms with E-state index in [0.717, 1.165) is 10.9 Å². The number of nitrogens with one attached hydrogen (secondary N) is 1. The zero-order chi connectivity index (χ0) is 16.8. The number of carbonyl (C=O) groups is 1. The molecule has 0 bridgehead atoms. The molecule has 1 amide bonds. The van der Waals surface area contributed by atoms with E-state index in [1.54, 1.807) is 19.2 Å². The monoisotopic (exact) mass is 398 g/mol. The van der Waals surface area contributed by atoms with Gasteiger partial charge in [-0.05, 0) is 31.0 Å². The normalized spacial score (nSPS) is 29.6. The van der Waals surface area contributed by atoms with Gasteiger partial charge in [-0.3, -0.25) is 4.79 Å². The van der Waals surface area contributed by atoms with E-state index in [-0.39, 0.29) is 37.8 Å². The molecule has 132 valence electrons. The molecule has 0 aliphatic carbocycles. The first-order valence-electron chi connectivity index (χ1n) is 7.71. The number of ether oxygens (including phenoxy) is 1. The highest BCUT2D eigenvalue weighted by atomic mass is 79.9. The predicted octanol–water partition coefficient (Wildman–Crippen LogP) is 3.77. The van der Waals surface area contributed by atoms with Crippen LogP contribution in [-0.4, -0.2) is 30.6 Å². The highest BCUT2D eigenvalue weighted by molar-refractivity contribution is 9.10. The van der Waals surface area contributed by atoms with Crippen LogP contribution in [0.5, 0.6) is 0 Å². The molecule has 2 heterocycles. The van der Waals surface area contributed by atoms with E-state index < -0.39 is 5.54 Å². The third-order valence-electron chi connectivity index (χ3n) is 4.91. The molecule has 0 unspecified atom stereocenters. The van der Waals surface area contributed by atoms with Crippen LogP contribution in [-0.2, 0) is 15.1 Å². The Morgan fingerprint density at radius 2 is 2.25 bits per heavy atom. The molecule has 3 rings (SSSR count). The molecule has 0 aromatic heterocycles. The van der Waals surface area contributed by atoms with Crippen molar-refractivity contribution in [2.75, 3.05) is 13.7 Å². The first kappa shape index (κ1) is 18.9. The number of fused-ring (bicyclic) bond motifs is 1. The summed E-state index contributed by atoms with van der Waals surface area (Å²) in [6.07, 6.45) is 1.39. The lowest BCUT2D eigenvalue weighted by atomic mass is 9.71. The van der Waals surface area contributed by atoms with Crippen molar-refractivity contribution in [3.8, 4) is 0 Å². The minimum Gasteiger partial charge on any atom is -0.375 e. The fourth-order valence-electron chi connectivity index (χ4n) is 3.48. The van der Waals surface area contributed by atoms with Crippen molar-refractivity contribution < 1.29 is 13.9 Å². The average molecular weight is 399 g/mol. The van der Waals surface area contributed by atoms with Crippen molar-refractivity contribution in [2.45, 2.75) is 38.8 Å². The van der Waals surface area contributed by atoms with Gasteiger partial charge in [-0.2, -0.15) is 0 Å². The van der Waals surface area contributed by atoms with Gasteiger partial charge in [0.15, 0.2) is 0 Å². The lowest BCUT2D eigenvalue weighted by molar-refractivity contribution is -0.154. The van der Waals surface area contributed by atoms with Gasteiger partial charge in [-0.25, -0.2) is 4.39 Å². The van der Waals surface area contributed by atoms with Gasteiger partial charge in [0.25, 0.3) is 0 Å². The second kappa shape index (κ2) is 6.84.